The molecule has 0 bridgehead atoms. The molecule has 0 rings (SSSR count). The SMILES string of the molecule is CN=C(C=CN)NC. The van der Waals surface area contributed by atoms with Crippen LogP contribution in [0, 0.1) is 0 Å². The van der Waals surface area contributed by atoms with Gasteiger partial charge in [-0.05, 0) is 12.3 Å². The first-order chi connectivity index (χ1) is 3.85. The summed E-state index contributed by atoms with van der Waals surface area (Å²) in [5.74, 6) is 0.785. The lowest BCUT2D eigenvalue weighted by atomic mass is 10.5. The molecule has 0 saturated carbocycles. The van der Waals surface area contributed by atoms with Gasteiger partial charge in [-0.25, -0.2) is 0 Å². The summed E-state index contributed by atoms with van der Waals surface area (Å²) in [4.78, 5) is 3.84. The lowest BCUT2D eigenvalue weighted by Gasteiger charge is -1.93. The van der Waals surface area contributed by atoms with Crippen LogP contribution in [0.4, 0.5) is 0 Å². The maximum atomic E-state index is 5.08. The molecular formula is C5H11N3. The molecule has 0 aliphatic heterocycles. The van der Waals surface area contributed by atoms with Gasteiger partial charge in [-0.15, -0.1) is 0 Å². The van der Waals surface area contributed by atoms with Crippen LogP contribution in [-0.2, 0) is 0 Å². The number of aliphatic imine (C=N–C) groups is 1. The Hall–Kier alpha value is -0.990. The van der Waals surface area contributed by atoms with Crippen LogP contribution >= 0.6 is 0 Å². The highest BCUT2D eigenvalue weighted by molar-refractivity contribution is 5.92. The molecule has 0 aliphatic carbocycles. The third-order valence-electron chi connectivity index (χ3n) is 0.751. The second kappa shape index (κ2) is 4.18. The Bertz CT molecular complexity index is 101. The molecule has 0 unspecified atom stereocenters. The number of nitrogens with two attached hydrogens (primary N) is 1. The van der Waals surface area contributed by atoms with Crippen molar-refractivity contribution in [1.82, 2.24) is 5.32 Å². The summed E-state index contributed by atoms with van der Waals surface area (Å²) in [5.41, 5.74) is 5.08. The molecule has 0 aromatic carbocycles. The summed E-state index contributed by atoms with van der Waals surface area (Å²) < 4.78 is 0. The molecule has 0 amide bonds. The molecule has 3 heteroatoms. The van der Waals surface area contributed by atoms with Gasteiger partial charge in [0.05, 0.1) is 0 Å². The van der Waals surface area contributed by atoms with Crippen LogP contribution in [-0.4, -0.2) is 19.9 Å². The van der Waals surface area contributed by atoms with Gasteiger partial charge < -0.3 is 11.1 Å². The third kappa shape index (κ3) is 2.23. The molecule has 46 valence electrons. The number of rotatable bonds is 1. The van der Waals surface area contributed by atoms with Gasteiger partial charge in [-0.3, -0.25) is 4.99 Å². The minimum atomic E-state index is 0.785. The van der Waals surface area contributed by atoms with Gasteiger partial charge in [-0.1, -0.05) is 0 Å². The molecule has 0 spiro atoms. The zero-order chi connectivity index (χ0) is 6.41. The Morgan fingerprint density at radius 2 is 2.38 bits per heavy atom. The van der Waals surface area contributed by atoms with Crippen molar-refractivity contribution in [1.29, 1.82) is 0 Å². The van der Waals surface area contributed by atoms with Crippen LogP contribution in [0.1, 0.15) is 0 Å². The molecule has 0 aromatic rings. The maximum Gasteiger partial charge on any atom is 0.121 e. The topological polar surface area (TPSA) is 50.4 Å². The van der Waals surface area contributed by atoms with Crippen LogP contribution < -0.4 is 11.1 Å². The van der Waals surface area contributed by atoms with Gasteiger partial charge in [0.25, 0.3) is 0 Å². The molecule has 0 radical (unpaired) electrons. The highest BCUT2D eigenvalue weighted by atomic mass is 14.9. The molecular weight excluding hydrogens is 102 g/mol. The van der Waals surface area contributed by atoms with E-state index in [2.05, 4.69) is 10.3 Å². The number of hydrogen-bond acceptors (Lipinski definition) is 2. The summed E-state index contributed by atoms with van der Waals surface area (Å²) in [7, 11) is 3.49. The van der Waals surface area contributed by atoms with Crippen LogP contribution in [0.3, 0.4) is 0 Å². The lowest BCUT2D eigenvalue weighted by molar-refractivity contribution is 1.16. The van der Waals surface area contributed by atoms with E-state index in [9.17, 15) is 0 Å². The number of likely N-dealkylation sites (N-methyl/N-ethyl adjacent to an activating group) is 1. The van der Waals surface area contributed by atoms with E-state index >= 15 is 0 Å². The zero-order valence-electron chi connectivity index (χ0n) is 5.18. The minimum Gasteiger partial charge on any atom is -0.404 e. The quantitative estimate of drug-likeness (QED) is 0.362. The van der Waals surface area contributed by atoms with Gasteiger partial charge >= 0.3 is 0 Å². The van der Waals surface area contributed by atoms with Crippen molar-refractivity contribution in [2.75, 3.05) is 14.1 Å². The average Bonchev–Trinajstić information content (AvgIpc) is 1.83. The van der Waals surface area contributed by atoms with Crippen LogP contribution in [0.2, 0.25) is 0 Å². The second-order valence-corrected chi connectivity index (χ2v) is 1.22. The van der Waals surface area contributed by atoms with Crippen molar-refractivity contribution in [3.8, 4) is 0 Å². The van der Waals surface area contributed by atoms with Gasteiger partial charge in [0.15, 0.2) is 0 Å². The lowest BCUT2D eigenvalue weighted by Crippen LogP contribution is -2.15. The van der Waals surface area contributed by atoms with E-state index in [0.29, 0.717) is 0 Å². The highest BCUT2D eigenvalue weighted by Crippen LogP contribution is 1.69. The van der Waals surface area contributed by atoms with E-state index in [0.717, 1.165) is 5.84 Å². The summed E-state index contributed by atoms with van der Waals surface area (Å²) in [6.45, 7) is 0. The van der Waals surface area contributed by atoms with Crippen molar-refractivity contribution >= 4 is 5.84 Å². The monoisotopic (exact) mass is 113 g/mol. The van der Waals surface area contributed by atoms with Crippen LogP contribution in [0.25, 0.3) is 0 Å². The van der Waals surface area contributed by atoms with Crippen molar-refractivity contribution in [2.45, 2.75) is 0 Å². The fraction of sp³-hybridized carbons (Fsp3) is 0.400. The standard InChI is InChI=1S/C5H11N3/c1-7-5(8-2)3-4-6/h3-4H,6H2,1-2H3,(H,7,8). The normalized spacial score (nSPS) is 12.5. The average molecular weight is 113 g/mol. The first-order valence-electron chi connectivity index (χ1n) is 2.38. The molecule has 0 heterocycles. The van der Waals surface area contributed by atoms with Gasteiger partial charge in [0.1, 0.15) is 5.84 Å². The second-order valence-electron chi connectivity index (χ2n) is 1.22. The van der Waals surface area contributed by atoms with E-state index in [4.69, 9.17) is 5.73 Å². The fourth-order valence-corrected chi connectivity index (χ4v) is 0.361. The molecule has 3 nitrogen and oxygen atoms in total. The van der Waals surface area contributed by atoms with Crippen LogP contribution in [0.5, 0.6) is 0 Å². The Kier molecular flexibility index (Phi) is 3.66. The Morgan fingerprint density at radius 1 is 1.75 bits per heavy atom. The number of amidine groups is 1. The van der Waals surface area contributed by atoms with Crippen molar-refractivity contribution in [3.63, 3.8) is 0 Å². The predicted molar refractivity (Wildman–Crippen MR) is 35.7 cm³/mol. The number of hydrogen-bond donors (Lipinski definition) is 2. The van der Waals surface area contributed by atoms with E-state index in [-0.39, 0.29) is 0 Å². The van der Waals surface area contributed by atoms with Crippen LogP contribution in [0.15, 0.2) is 17.3 Å². The summed E-state index contributed by atoms with van der Waals surface area (Å²) in [6.07, 6.45) is 3.14. The molecule has 0 aliphatic rings. The molecule has 0 fully saturated rings. The van der Waals surface area contributed by atoms with E-state index in [1.54, 1.807) is 20.2 Å². The summed E-state index contributed by atoms with van der Waals surface area (Å²) >= 11 is 0. The van der Waals surface area contributed by atoms with Gasteiger partial charge in [0, 0.05) is 14.1 Å². The third-order valence-corrected chi connectivity index (χ3v) is 0.751. The minimum absolute atomic E-state index is 0.785. The van der Waals surface area contributed by atoms with Crippen molar-refractivity contribution < 1.29 is 0 Å². The van der Waals surface area contributed by atoms with E-state index in [1.807, 2.05) is 0 Å². The molecule has 8 heavy (non-hydrogen) atoms. The molecule has 0 saturated heterocycles. The number of nitrogens with zero attached hydrogens (tertiary/aromatic N) is 1. The largest absolute Gasteiger partial charge is 0.404 e. The maximum absolute atomic E-state index is 5.08. The fourth-order valence-electron chi connectivity index (χ4n) is 0.361. The predicted octanol–water partition coefficient (Wildman–Crippen LogP) is -0.294. The Balaban J connectivity index is 3.72. The van der Waals surface area contributed by atoms with Gasteiger partial charge in [0.2, 0.25) is 0 Å². The van der Waals surface area contributed by atoms with Crippen molar-refractivity contribution in [3.05, 3.63) is 12.3 Å². The Labute approximate surface area is 49.3 Å². The van der Waals surface area contributed by atoms with E-state index in [1.165, 1.54) is 6.20 Å². The molecule has 0 atom stereocenters. The van der Waals surface area contributed by atoms with Gasteiger partial charge in [-0.2, -0.15) is 0 Å². The first kappa shape index (κ1) is 7.01. The summed E-state index contributed by atoms with van der Waals surface area (Å²) in [6, 6.07) is 0. The van der Waals surface area contributed by atoms with Crippen molar-refractivity contribution in [2.24, 2.45) is 10.7 Å². The smallest absolute Gasteiger partial charge is 0.121 e. The summed E-state index contributed by atoms with van der Waals surface area (Å²) in [5, 5.41) is 2.84. The highest BCUT2D eigenvalue weighted by Gasteiger charge is 1.79. The number of nitrogens with one attached hydrogen (secondary N) is 1. The molecule has 0 aromatic heterocycles. The molecule has 3 N–H and O–H groups in total. The Morgan fingerprint density at radius 3 is 2.50 bits per heavy atom. The zero-order valence-corrected chi connectivity index (χ0v) is 5.18. The van der Waals surface area contributed by atoms with E-state index < -0.39 is 0 Å². The first-order valence-corrected chi connectivity index (χ1v) is 2.38.